The van der Waals surface area contributed by atoms with Crippen molar-refractivity contribution < 1.29 is 17.9 Å². The number of hydrogen-bond acceptors (Lipinski definition) is 5. The van der Waals surface area contributed by atoms with Gasteiger partial charge in [0.05, 0.1) is 19.1 Å². The van der Waals surface area contributed by atoms with Crippen molar-refractivity contribution in [2.45, 2.75) is 13.0 Å². The van der Waals surface area contributed by atoms with Crippen molar-refractivity contribution in [1.82, 2.24) is 10.3 Å². The van der Waals surface area contributed by atoms with Crippen LogP contribution < -0.4 is 14.4 Å². The van der Waals surface area contributed by atoms with Gasteiger partial charge in [-0.25, -0.2) is 8.42 Å². The van der Waals surface area contributed by atoms with Gasteiger partial charge >= 0.3 is 0 Å². The second kappa shape index (κ2) is 8.48. The van der Waals surface area contributed by atoms with Crippen molar-refractivity contribution in [3.8, 4) is 5.75 Å². The normalized spacial score (nSPS) is 11.0. The molecule has 1 heterocycles. The van der Waals surface area contributed by atoms with E-state index >= 15 is 0 Å². The summed E-state index contributed by atoms with van der Waals surface area (Å²) in [6.07, 6.45) is 4.46. The lowest BCUT2D eigenvalue weighted by atomic mass is 10.2. The monoisotopic (exact) mass is 363 g/mol. The molecule has 0 saturated heterocycles. The summed E-state index contributed by atoms with van der Waals surface area (Å²) in [7, 11) is -2.01. The molecule has 0 bridgehead atoms. The van der Waals surface area contributed by atoms with Crippen LogP contribution in [0.2, 0.25) is 0 Å². The summed E-state index contributed by atoms with van der Waals surface area (Å²) in [6.45, 7) is 0.424. The van der Waals surface area contributed by atoms with Crippen LogP contribution in [0.4, 0.5) is 5.69 Å². The zero-order chi connectivity index (χ0) is 18.3. The molecule has 0 aliphatic heterocycles. The first-order valence-electron chi connectivity index (χ1n) is 7.67. The van der Waals surface area contributed by atoms with Crippen LogP contribution in [-0.2, 0) is 21.4 Å². The highest BCUT2D eigenvalue weighted by atomic mass is 32.2. The molecule has 0 unspecified atom stereocenters. The minimum atomic E-state index is -3.52. The molecule has 134 valence electrons. The lowest BCUT2D eigenvalue weighted by molar-refractivity contribution is -0.121. The van der Waals surface area contributed by atoms with Gasteiger partial charge in [0.1, 0.15) is 5.75 Å². The first-order chi connectivity index (χ1) is 11.9. The van der Waals surface area contributed by atoms with E-state index in [9.17, 15) is 13.2 Å². The molecule has 0 spiro atoms. The number of methoxy groups -OCH3 is 1. The highest BCUT2D eigenvalue weighted by Gasteiger charge is 2.19. The molecule has 8 heteroatoms. The number of pyridine rings is 1. The van der Waals surface area contributed by atoms with Gasteiger partial charge in [-0.15, -0.1) is 0 Å². The Bertz CT molecular complexity index is 810. The number of benzene rings is 1. The van der Waals surface area contributed by atoms with Crippen molar-refractivity contribution in [2.75, 3.05) is 24.2 Å². The van der Waals surface area contributed by atoms with E-state index in [-0.39, 0.29) is 18.9 Å². The maximum Gasteiger partial charge on any atom is 0.232 e. The summed E-state index contributed by atoms with van der Waals surface area (Å²) < 4.78 is 30.5. The van der Waals surface area contributed by atoms with E-state index in [4.69, 9.17) is 4.74 Å². The van der Waals surface area contributed by atoms with E-state index in [1.807, 2.05) is 0 Å². The molecule has 1 amide bonds. The predicted octanol–water partition coefficient (Wildman–Crippen LogP) is 1.56. The highest BCUT2D eigenvalue weighted by Crippen LogP contribution is 2.23. The Morgan fingerprint density at radius 2 is 1.96 bits per heavy atom. The maximum atomic E-state index is 12.1. The molecule has 25 heavy (non-hydrogen) atoms. The number of sulfonamides is 1. The smallest absolute Gasteiger partial charge is 0.232 e. The first-order valence-corrected chi connectivity index (χ1v) is 9.52. The van der Waals surface area contributed by atoms with Crippen molar-refractivity contribution in [1.29, 1.82) is 0 Å². The average molecular weight is 363 g/mol. The van der Waals surface area contributed by atoms with Gasteiger partial charge in [-0.3, -0.25) is 14.1 Å². The Kier molecular flexibility index (Phi) is 6.35. The molecule has 1 aromatic carbocycles. The number of aromatic nitrogens is 1. The van der Waals surface area contributed by atoms with Gasteiger partial charge in [0.25, 0.3) is 0 Å². The molecule has 1 N–H and O–H groups in total. The Labute approximate surface area is 147 Å². The number of hydrogen-bond donors (Lipinski definition) is 1. The molecule has 7 nitrogen and oxygen atoms in total. The van der Waals surface area contributed by atoms with E-state index in [1.54, 1.807) is 48.8 Å². The molecule has 0 saturated carbocycles. The molecule has 2 rings (SSSR count). The lowest BCUT2D eigenvalue weighted by Gasteiger charge is -2.22. The Balaban J connectivity index is 1.99. The van der Waals surface area contributed by atoms with Crippen LogP contribution in [0.5, 0.6) is 5.75 Å². The Morgan fingerprint density at radius 3 is 2.60 bits per heavy atom. The van der Waals surface area contributed by atoms with E-state index in [0.717, 1.165) is 11.8 Å². The van der Waals surface area contributed by atoms with Gasteiger partial charge in [-0.2, -0.15) is 0 Å². The number of rotatable bonds is 8. The van der Waals surface area contributed by atoms with Crippen LogP contribution in [-0.4, -0.2) is 39.2 Å². The van der Waals surface area contributed by atoms with Crippen LogP contribution in [0.25, 0.3) is 0 Å². The Morgan fingerprint density at radius 1 is 1.24 bits per heavy atom. The summed E-state index contributed by atoms with van der Waals surface area (Å²) in [6, 6.07) is 10.3. The minimum Gasteiger partial charge on any atom is -0.497 e. The number of carbonyl (C=O) groups excluding carboxylic acids is 1. The second-order valence-electron chi connectivity index (χ2n) is 5.42. The molecule has 2 aromatic rings. The van der Waals surface area contributed by atoms with E-state index in [0.29, 0.717) is 18.0 Å². The standard InChI is InChI=1S/C17H21N3O4S/c1-24-16-5-3-4-15(12-16)20(25(2,22)23)11-8-17(21)19-13-14-6-9-18-10-7-14/h3-7,9-10,12H,8,11,13H2,1-2H3,(H,19,21). The van der Waals surface area contributed by atoms with Crippen LogP contribution in [0.15, 0.2) is 48.8 Å². The number of amides is 1. The van der Waals surface area contributed by atoms with Crippen molar-refractivity contribution in [3.05, 3.63) is 54.4 Å². The molecule has 0 radical (unpaired) electrons. The predicted molar refractivity (Wildman–Crippen MR) is 95.9 cm³/mol. The maximum absolute atomic E-state index is 12.1. The average Bonchev–Trinajstić information content (AvgIpc) is 2.60. The van der Waals surface area contributed by atoms with E-state index in [2.05, 4.69) is 10.3 Å². The van der Waals surface area contributed by atoms with Crippen LogP contribution in [0.1, 0.15) is 12.0 Å². The number of nitrogens with one attached hydrogen (secondary N) is 1. The minimum absolute atomic E-state index is 0.0498. The molecule has 1 aromatic heterocycles. The fraction of sp³-hybridized carbons (Fsp3) is 0.294. The van der Waals surface area contributed by atoms with Gasteiger partial charge in [-0.05, 0) is 29.8 Å². The van der Waals surface area contributed by atoms with Crippen molar-refractivity contribution in [2.24, 2.45) is 0 Å². The highest BCUT2D eigenvalue weighted by molar-refractivity contribution is 7.92. The zero-order valence-corrected chi connectivity index (χ0v) is 15.0. The van der Waals surface area contributed by atoms with Crippen molar-refractivity contribution >= 4 is 21.6 Å². The summed E-state index contributed by atoms with van der Waals surface area (Å²) in [5.74, 6) is 0.321. The van der Waals surface area contributed by atoms with Gasteiger partial charge in [0, 0.05) is 38.0 Å². The number of carbonyl (C=O) groups is 1. The zero-order valence-electron chi connectivity index (χ0n) is 14.2. The van der Waals surface area contributed by atoms with Crippen molar-refractivity contribution in [3.63, 3.8) is 0 Å². The SMILES string of the molecule is COc1cccc(N(CCC(=O)NCc2ccncc2)S(C)(=O)=O)c1. The Hall–Kier alpha value is -2.61. The largest absolute Gasteiger partial charge is 0.497 e. The number of nitrogens with zero attached hydrogens (tertiary/aromatic N) is 2. The van der Waals surface area contributed by atoms with Gasteiger partial charge in [0.15, 0.2) is 0 Å². The van der Waals surface area contributed by atoms with Crippen LogP contribution in [0, 0.1) is 0 Å². The fourth-order valence-electron chi connectivity index (χ4n) is 2.24. The second-order valence-corrected chi connectivity index (χ2v) is 7.33. The van der Waals surface area contributed by atoms with E-state index in [1.165, 1.54) is 11.4 Å². The quantitative estimate of drug-likeness (QED) is 0.769. The summed E-state index contributed by atoms with van der Waals surface area (Å²) >= 11 is 0. The number of ether oxygens (including phenoxy) is 1. The third kappa shape index (κ3) is 5.75. The van der Waals surface area contributed by atoms with E-state index < -0.39 is 10.0 Å². The van der Waals surface area contributed by atoms with Gasteiger partial charge < -0.3 is 10.1 Å². The molecule has 0 fully saturated rings. The lowest BCUT2D eigenvalue weighted by Crippen LogP contribution is -2.34. The molecule has 0 aliphatic carbocycles. The summed E-state index contributed by atoms with van der Waals surface area (Å²) in [5.41, 5.74) is 1.39. The summed E-state index contributed by atoms with van der Waals surface area (Å²) in [5, 5.41) is 2.77. The summed E-state index contributed by atoms with van der Waals surface area (Å²) in [4.78, 5) is 15.9. The first kappa shape index (κ1) is 18.7. The molecular weight excluding hydrogens is 342 g/mol. The van der Waals surface area contributed by atoms with Gasteiger partial charge in [0.2, 0.25) is 15.9 Å². The third-order valence-corrected chi connectivity index (χ3v) is 4.72. The molecular formula is C17H21N3O4S. The van der Waals surface area contributed by atoms with Crippen LogP contribution >= 0.6 is 0 Å². The number of anilines is 1. The molecule has 0 aliphatic rings. The fourth-order valence-corrected chi connectivity index (χ4v) is 3.16. The van der Waals surface area contributed by atoms with Crippen LogP contribution in [0.3, 0.4) is 0 Å². The third-order valence-electron chi connectivity index (χ3n) is 3.52. The topological polar surface area (TPSA) is 88.6 Å². The molecule has 0 atom stereocenters. The van der Waals surface area contributed by atoms with Gasteiger partial charge in [-0.1, -0.05) is 6.07 Å².